The van der Waals surface area contributed by atoms with Gasteiger partial charge >= 0.3 is 6.03 Å². The predicted octanol–water partition coefficient (Wildman–Crippen LogP) is 1.27. The minimum Gasteiger partial charge on any atom is -0.329 e. The Labute approximate surface area is 105 Å². The molecule has 0 saturated carbocycles. The number of amides is 3. The average molecular weight is 245 g/mol. The van der Waals surface area contributed by atoms with Crippen LogP contribution in [0.2, 0.25) is 0 Å². The number of carbonyl (C=O) groups is 2. The Balaban J connectivity index is 1.84. The van der Waals surface area contributed by atoms with Crippen molar-refractivity contribution in [3.8, 4) is 0 Å². The third-order valence-electron chi connectivity index (χ3n) is 3.53. The molecule has 0 bridgehead atoms. The number of nitrogens with one attached hydrogen (secondary N) is 2. The van der Waals surface area contributed by atoms with Gasteiger partial charge in [-0.2, -0.15) is 0 Å². The second-order valence-corrected chi connectivity index (χ2v) is 4.68. The van der Waals surface area contributed by atoms with Gasteiger partial charge in [0.15, 0.2) is 0 Å². The highest BCUT2D eigenvalue weighted by Gasteiger charge is 2.29. The Bertz CT molecular complexity index is 527. The Morgan fingerprint density at radius 1 is 1.39 bits per heavy atom. The molecule has 0 radical (unpaired) electrons. The average Bonchev–Trinajstić information content (AvgIpc) is 2.89. The highest BCUT2D eigenvalue weighted by atomic mass is 16.2. The summed E-state index contributed by atoms with van der Waals surface area (Å²) in [5.41, 5.74) is 2.97. The van der Waals surface area contributed by atoms with Crippen molar-refractivity contribution in [1.82, 2.24) is 10.2 Å². The third-order valence-corrected chi connectivity index (χ3v) is 3.53. The minimum absolute atomic E-state index is 0.0165. The monoisotopic (exact) mass is 245 g/mol. The highest BCUT2D eigenvalue weighted by molar-refractivity contribution is 5.99. The van der Waals surface area contributed by atoms with Crippen LogP contribution in [0.1, 0.15) is 24.1 Å². The van der Waals surface area contributed by atoms with Gasteiger partial charge in [0.1, 0.15) is 0 Å². The van der Waals surface area contributed by atoms with E-state index in [1.54, 1.807) is 4.90 Å². The van der Waals surface area contributed by atoms with E-state index in [1.165, 1.54) is 0 Å². The van der Waals surface area contributed by atoms with Gasteiger partial charge in [0.05, 0.1) is 12.5 Å². The first-order chi connectivity index (χ1) is 8.67. The second-order valence-electron chi connectivity index (χ2n) is 4.68. The van der Waals surface area contributed by atoms with Crippen LogP contribution in [-0.2, 0) is 11.2 Å². The number of urea groups is 1. The van der Waals surface area contributed by atoms with E-state index in [2.05, 4.69) is 10.6 Å². The maximum Gasteiger partial charge on any atom is 0.318 e. The summed E-state index contributed by atoms with van der Waals surface area (Å²) in [6.07, 6.45) is 0.432. The van der Waals surface area contributed by atoms with E-state index in [-0.39, 0.29) is 18.0 Å². The maximum absolute atomic E-state index is 11.6. The van der Waals surface area contributed by atoms with Gasteiger partial charge in [-0.15, -0.1) is 0 Å². The largest absolute Gasteiger partial charge is 0.329 e. The lowest BCUT2D eigenvalue weighted by Crippen LogP contribution is -2.27. The SMILES string of the molecule is CCN1CC(c2ccc3c(c2)CC(=O)N3)NC1=O. The molecule has 3 rings (SSSR count). The van der Waals surface area contributed by atoms with E-state index < -0.39 is 0 Å². The van der Waals surface area contributed by atoms with Crippen LogP contribution in [0.25, 0.3) is 0 Å². The topological polar surface area (TPSA) is 61.4 Å². The Morgan fingerprint density at radius 3 is 2.94 bits per heavy atom. The summed E-state index contributed by atoms with van der Waals surface area (Å²) in [5.74, 6) is 0.0350. The van der Waals surface area contributed by atoms with Crippen molar-refractivity contribution in [2.24, 2.45) is 0 Å². The molecule has 2 heterocycles. The summed E-state index contributed by atoms with van der Waals surface area (Å²) >= 11 is 0. The van der Waals surface area contributed by atoms with Gasteiger partial charge in [-0.1, -0.05) is 12.1 Å². The summed E-state index contributed by atoms with van der Waals surface area (Å²) in [4.78, 5) is 24.7. The molecule has 3 amide bonds. The molecule has 5 heteroatoms. The van der Waals surface area contributed by atoms with Crippen LogP contribution in [0.5, 0.6) is 0 Å². The molecule has 1 aromatic carbocycles. The number of nitrogens with zero attached hydrogens (tertiary/aromatic N) is 1. The fourth-order valence-corrected chi connectivity index (χ4v) is 2.52. The first-order valence-corrected chi connectivity index (χ1v) is 6.15. The lowest BCUT2D eigenvalue weighted by Gasteiger charge is -2.12. The Morgan fingerprint density at radius 2 is 2.22 bits per heavy atom. The molecule has 18 heavy (non-hydrogen) atoms. The molecule has 1 atom stereocenters. The zero-order valence-electron chi connectivity index (χ0n) is 10.2. The van der Waals surface area contributed by atoms with Gasteiger partial charge in [0, 0.05) is 18.8 Å². The molecule has 1 fully saturated rings. The smallest absolute Gasteiger partial charge is 0.318 e. The molecule has 1 aromatic rings. The van der Waals surface area contributed by atoms with E-state index in [4.69, 9.17) is 0 Å². The quantitative estimate of drug-likeness (QED) is 0.824. The van der Waals surface area contributed by atoms with Crippen LogP contribution in [0.15, 0.2) is 18.2 Å². The van der Waals surface area contributed by atoms with Crippen molar-refractivity contribution < 1.29 is 9.59 Å². The van der Waals surface area contributed by atoms with Crippen LogP contribution in [0.4, 0.5) is 10.5 Å². The molecular weight excluding hydrogens is 230 g/mol. The molecular formula is C13H15N3O2. The predicted molar refractivity (Wildman–Crippen MR) is 67.3 cm³/mol. The van der Waals surface area contributed by atoms with Gasteiger partial charge < -0.3 is 15.5 Å². The zero-order chi connectivity index (χ0) is 12.7. The maximum atomic E-state index is 11.6. The number of carbonyl (C=O) groups excluding carboxylic acids is 2. The summed E-state index contributed by atoms with van der Waals surface area (Å²) in [5, 5.41) is 5.76. The molecule has 1 unspecified atom stereocenters. The number of rotatable bonds is 2. The number of benzene rings is 1. The minimum atomic E-state index is -0.0165. The molecule has 2 aliphatic rings. The number of likely N-dealkylation sites (N-methyl/N-ethyl adjacent to an activating group) is 1. The molecule has 1 saturated heterocycles. The van der Waals surface area contributed by atoms with E-state index >= 15 is 0 Å². The van der Waals surface area contributed by atoms with Gasteiger partial charge in [0.25, 0.3) is 0 Å². The lowest BCUT2D eigenvalue weighted by molar-refractivity contribution is -0.115. The van der Waals surface area contributed by atoms with Crippen LogP contribution >= 0.6 is 0 Å². The second kappa shape index (κ2) is 4.01. The van der Waals surface area contributed by atoms with E-state index in [0.29, 0.717) is 19.5 Å². The summed E-state index contributed by atoms with van der Waals surface area (Å²) in [7, 11) is 0. The molecule has 5 nitrogen and oxygen atoms in total. The van der Waals surface area contributed by atoms with E-state index in [1.807, 2.05) is 25.1 Å². The zero-order valence-corrected chi connectivity index (χ0v) is 10.2. The van der Waals surface area contributed by atoms with Crippen LogP contribution in [0.3, 0.4) is 0 Å². The molecule has 2 N–H and O–H groups in total. The number of hydrogen-bond donors (Lipinski definition) is 2. The molecule has 0 spiro atoms. The van der Waals surface area contributed by atoms with Crippen molar-refractivity contribution in [2.45, 2.75) is 19.4 Å². The Hall–Kier alpha value is -2.04. The highest BCUT2D eigenvalue weighted by Crippen LogP contribution is 2.28. The molecule has 94 valence electrons. The lowest BCUT2D eigenvalue weighted by atomic mass is 10.0. The summed E-state index contributed by atoms with van der Waals surface area (Å²) in [6.45, 7) is 3.37. The Kier molecular flexibility index (Phi) is 2.47. The van der Waals surface area contributed by atoms with Gasteiger partial charge in [-0.05, 0) is 24.1 Å². The van der Waals surface area contributed by atoms with Gasteiger partial charge in [-0.25, -0.2) is 4.79 Å². The summed E-state index contributed by atoms with van der Waals surface area (Å²) in [6, 6.07) is 5.90. The van der Waals surface area contributed by atoms with E-state index in [9.17, 15) is 9.59 Å². The normalized spacial score (nSPS) is 21.8. The van der Waals surface area contributed by atoms with Crippen molar-refractivity contribution >= 4 is 17.6 Å². The number of anilines is 1. The standard InChI is InChI=1S/C13H15N3O2/c1-2-16-7-11(15-13(16)18)8-3-4-10-9(5-8)6-12(17)14-10/h3-5,11H,2,6-7H2,1H3,(H,14,17)(H,15,18). The van der Waals surface area contributed by atoms with Crippen LogP contribution < -0.4 is 10.6 Å². The molecule has 2 aliphatic heterocycles. The first kappa shape index (κ1) is 11.1. The number of hydrogen-bond acceptors (Lipinski definition) is 2. The van der Waals surface area contributed by atoms with Crippen molar-refractivity contribution in [1.29, 1.82) is 0 Å². The summed E-state index contributed by atoms with van der Waals surface area (Å²) < 4.78 is 0. The fourth-order valence-electron chi connectivity index (χ4n) is 2.52. The third kappa shape index (κ3) is 1.72. The molecule has 0 aliphatic carbocycles. The van der Waals surface area contributed by atoms with Crippen LogP contribution in [0, 0.1) is 0 Å². The number of fused-ring (bicyclic) bond motifs is 1. The first-order valence-electron chi connectivity index (χ1n) is 6.15. The van der Waals surface area contributed by atoms with Gasteiger partial charge in [0.2, 0.25) is 5.91 Å². The molecule has 0 aromatic heterocycles. The fraction of sp³-hybridized carbons (Fsp3) is 0.385. The van der Waals surface area contributed by atoms with Crippen molar-refractivity contribution in [3.63, 3.8) is 0 Å². The van der Waals surface area contributed by atoms with Crippen molar-refractivity contribution in [3.05, 3.63) is 29.3 Å². The van der Waals surface area contributed by atoms with Crippen LogP contribution in [-0.4, -0.2) is 29.9 Å². The van der Waals surface area contributed by atoms with Crippen molar-refractivity contribution in [2.75, 3.05) is 18.4 Å². The van der Waals surface area contributed by atoms with Gasteiger partial charge in [-0.3, -0.25) is 4.79 Å². The van der Waals surface area contributed by atoms with E-state index in [0.717, 1.165) is 16.8 Å².